The predicted molar refractivity (Wildman–Crippen MR) is 91.7 cm³/mol. The van der Waals surface area contributed by atoms with Crippen LogP contribution in [0.3, 0.4) is 0 Å². The molecule has 0 aromatic heterocycles. The van der Waals surface area contributed by atoms with Crippen LogP contribution in [0, 0.1) is 11.7 Å². The summed E-state index contributed by atoms with van der Waals surface area (Å²) in [4.78, 5) is 24.4. The summed E-state index contributed by atoms with van der Waals surface area (Å²) in [7, 11) is 0. The highest BCUT2D eigenvalue weighted by molar-refractivity contribution is 6.33. The molecule has 0 bridgehead atoms. The molecule has 2 amide bonds. The van der Waals surface area contributed by atoms with Crippen molar-refractivity contribution in [3.63, 3.8) is 0 Å². The molecule has 0 aliphatic carbocycles. The van der Waals surface area contributed by atoms with Gasteiger partial charge in [0.1, 0.15) is 5.82 Å². The lowest BCUT2D eigenvalue weighted by Gasteiger charge is -2.14. The molecule has 2 aromatic carbocycles. The van der Waals surface area contributed by atoms with Crippen molar-refractivity contribution in [2.45, 2.75) is 6.42 Å². The van der Waals surface area contributed by atoms with Gasteiger partial charge in [0, 0.05) is 13.0 Å². The monoisotopic (exact) mass is 347 g/mol. The topological polar surface area (TPSA) is 70.2 Å². The number of hydrogen-bond donors (Lipinski definition) is 3. The number of anilines is 3. The molecule has 1 unspecified atom stereocenters. The Labute approximate surface area is 143 Å². The summed E-state index contributed by atoms with van der Waals surface area (Å²) in [6.07, 6.45) is -0.0420. The predicted octanol–water partition coefficient (Wildman–Crippen LogP) is 3.49. The molecule has 5 nitrogen and oxygen atoms in total. The molecule has 2 aromatic rings. The smallest absolute Gasteiger partial charge is 0.229 e. The van der Waals surface area contributed by atoms with E-state index in [1.54, 1.807) is 6.07 Å². The maximum atomic E-state index is 13.4. The second kappa shape index (κ2) is 6.88. The summed E-state index contributed by atoms with van der Waals surface area (Å²) in [5.74, 6) is -1.81. The number of nitrogens with one attached hydrogen (secondary N) is 3. The lowest BCUT2D eigenvalue weighted by Crippen LogP contribution is -2.30. The second-order valence-electron chi connectivity index (χ2n) is 5.47. The maximum Gasteiger partial charge on any atom is 0.229 e. The van der Waals surface area contributed by atoms with E-state index in [0.29, 0.717) is 12.2 Å². The summed E-state index contributed by atoms with van der Waals surface area (Å²) in [5, 5.41) is 8.33. The van der Waals surface area contributed by atoms with Gasteiger partial charge in [-0.25, -0.2) is 4.39 Å². The van der Waals surface area contributed by atoms with E-state index in [2.05, 4.69) is 16.0 Å². The number of hydrogen-bond acceptors (Lipinski definition) is 3. The van der Waals surface area contributed by atoms with Crippen LogP contribution in [-0.4, -0.2) is 18.4 Å². The fourth-order valence-corrected chi connectivity index (χ4v) is 2.67. The first-order valence-electron chi connectivity index (χ1n) is 7.42. The Kier molecular flexibility index (Phi) is 4.66. The van der Waals surface area contributed by atoms with Gasteiger partial charge in [-0.05, 0) is 24.3 Å². The van der Waals surface area contributed by atoms with Crippen LogP contribution in [-0.2, 0) is 9.59 Å². The molecule has 1 heterocycles. The fraction of sp³-hybridized carbons (Fsp3) is 0.176. The SMILES string of the molecule is O=C(CC1CNc2ccccc2NC1=O)Nc1cccc(F)c1Cl. The number of benzene rings is 2. The van der Waals surface area contributed by atoms with Gasteiger partial charge >= 0.3 is 0 Å². The zero-order chi connectivity index (χ0) is 17.1. The molecule has 0 radical (unpaired) electrons. The Bertz CT molecular complexity index is 797. The number of amides is 2. The van der Waals surface area contributed by atoms with Gasteiger partial charge in [-0.2, -0.15) is 0 Å². The van der Waals surface area contributed by atoms with Gasteiger partial charge in [0.2, 0.25) is 11.8 Å². The molecule has 0 saturated heterocycles. The summed E-state index contributed by atoms with van der Waals surface area (Å²) in [5.41, 5.74) is 1.67. The Morgan fingerprint density at radius 2 is 1.96 bits per heavy atom. The lowest BCUT2D eigenvalue weighted by molar-refractivity contribution is -0.124. The average molecular weight is 348 g/mol. The highest BCUT2D eigenvalue weighted by Crippen LogP contribution is 2.27. The molecule has 3 rings (SSSR count). The molecule has 1 atom stereocenters. The van der Waals surface area contributed by atoms with Crippen LogP contribution in [0.15, 0.2) is 42.5 Å². The molecule has 124 valence electrons. The van der Waals surface area contributed by atoms with E-state index in [9.17, 15) is 14.0 Å². The van der Waals surface area contributed by atoms with Crippen LogP contribution < -0.4 is 16.0 Å². The molecule has 1 aliphatic heterocycles. The van der Waals surface area contributed by atoms with E-state index in [1.807, 2.05) is 18.2 Å². The van der Waals surface area contributed by atoms with Gasteiger partial charge < -0.3 is 16.0 Å². The van der Waals surface area contributed by atoms with E-state index in [-0.39, 0.29) is 23.0 Å². The van der Waals surface area contributed by atoms with Gasteiger partial charge in [0.25, 0.3) is 0 Å². The Morgan fingerprint density at radius 1 is 1.21 bits per heavy atom. The van der Waals surface area contributed by atoms with Gasteiger partial charge in [0.15, 0.2) is 0 Å². The maximum absolute atomic E-state index is 13.4. The van der Waals surface area contributed by atoms with Crippen LogP contribution in [0.2, 0.25) is 5.02 Å². The first-order chi connectivity index (χ1) is 11.5. The van der Waals surface area contributed by atoms with Gasteiger partial charge in [-0.1, -0.05) is 29.8 Å². The Balaban J connectivity index is 1.67. The van der Waals surface area contributed by atoms with Crippen molar-refractivity contribution >= 4 is 40.5 Å². The van der Waals surface area contributed by atoms with Crippen molar-refractivity contribution in [3.05, 3.63) is 53.3 Å². The van der Waals surface area contributed by atoms with Crippen molar-refractivity contribution in [2.24, 2.45) is 5.92 Å². The number of rotatable bonds is 3. The van der Waals surface area contributed by atoms with Crippen LogP contribution in [0.5, 0.6) is 0 Å². The van der Waals surface area contributed by atoms with E-state index >= 15 is 0 Å². The summed E-state index contributed by atoms with van der Waals surface area (Å²) < 4.78 is 13.4. The first-order valence-corrected chi connectivity index (χ1v) is 7.80. The largest absolute Gasteiger partial charge is 0.383 e. The third-order valence-electron chi connectivity index (χ3n) is 3.75. The normalized spacial score (nSPS) is 16.4. The zero-order valence-corrected chi connectivity index (χ0v) is 13.4. The summed E-state index contributed by atoms with van der Waals surface area (Å²) in [6, 6.07) is 11.5. The standard InChI is InChI=1S/C17H15ClFN3O2/c18-16-11(19)4-3-7-14(16)21-15(23)8-10-9-20-12-5-1-2-6-13(12)22-17(10)24/h1-7,10,20H,8-9H2,(H,21,23)(H,22,24). The zero-order valence-electron chi connectivity index (χ0n) is 12.6. The molecular formula is C17H15ClFN3O2. The van der Waals surface area contributed by atoms with Crippen LogP contribution in [0.1, 0.15) is 6.42 Å². The van der Waals surface area contributed by atoms with Crippen LogP contribution >= 0.6 is 11.6 Å². The number of fused-ring (bicyclic) bond motifs is 1. The summed E-state index contributed by atoms with van der Waals surface area (Å²) >= 11 is 5.81. The first kappa shape index (κ1) is 16.3. The third kappa shape index (κ3) is 3.49. The van der Waals surface area contributed by atoms with E-state index in [0.717, 1.165) is 5.69 Å². The molecular weight excluding hydrogens is 333 g/mol. The molecule has 1 aliphatic rings. The minimum Gasteiger partial charge on any atom is -0.383 e. The van der Waals surface area contributed by atoms with Crippen LogP contribution in [0.4, 0.5) is 21.5 Å². The molecule has 24 heavy (non-hydrogen) atoms. The molecule has 0 spiro atoms. The number of carbonyl (C=O) groups is 2. The Hall–Kier alpha value is -2.60. The average Bonchev–Trinajstić information content (AvgIpc) is 2.71. The lowest BCUT2D eigenvalue weighted by atomic mass is 10.0. The van der Waals surface area contributed by atoms with Crippen LogP contribution in [0.25, 0.3) is 0 Å². The molecule has 3 N–H and O–H groups in total. The number of halogens is 2. The van der Waals surface area contributed by atoms with Crippen molar-refractivity contribution in [3.8, 4) is 0 Å². The van der Waals surface area contributed by atoms with Gasteiger partial charge in [0.05, 0.1) is 28.0 Å². The van der Waals surface area contributed by atoms with Crippen molar-refractivity contribution in [1.82, 2.24) is 0 Å². The van der Waals surface area contributed by atoms with E-state index in [4.69, 9.17) is 11.6 Å². The quantitative estimate of drug-likeness (QED) is 0.796. The minimum atomic E-state index is -0.612. The number of para-hydroxylation sites is 2. The molecule has 0 saturated carbocycles. The van der Waals surface area contributed by atoms with E-state index in [1.165, 1.54) is 18.2 Å². The third-order valence-corrected chi connectivity index (χ3v) is 4.14. The van der Waals surface area contributed by atoms with Crippen molar-refractivity contribution in [1.29, 1.82) is 0 Å². The van der Waals surface area contributed by atoms with Crippen molar-refractivity contribution in [2.75, 3.05) is 22.5 Å². The minimum absolute atomic E-state index is 0.0420. The van der Waals surface area contributed by atoms with Crippen molar-refractivity contribution < 1.29 is 14.0 Å². The molecule has 0 fully saturated rings. The molecule has 7 heteroatoms. The Morgan fingerprint density at radius 3 is 2.75 bits per heavy atom. The van der Waals surface area contributed by atoms with E-state index < -0.39 is 17.6 Å². The number of carbonyl (C=O) groups excluding carboxylic acids is 2. The second-order valence-corrected chi connectivity index (χ2v) is 5.84. The summed E-state index contributed by atoms with van der Waals surface area (Å²) in [6.45, 7) is 0.327. The van der Waals surface area contributed by atoms with Gasteiger partial charge in [-0.3, -0.25) is 9.59 Å². The highest BCUT2D eigenvalue weighted by Gasteiger charge is 2.26. The fourth-order valence-electron chi connectivity index (χ4n) is 2.50. The van der Waals surface area contributed by atoms with Gasteiger partial charge in [-0.15, -0.1) is 0 Å². The highest BCUT2D eigenvalue weighted by atomic mass is 35.5.